The average Bonchev–Trinajstić information content (AvgIpc) is 2.23. The van der Waals surface area contributed by atoms with Gasteiger partial charge in [-0.3, -0.25) is 24.6 Å². The maximum Gasteiger partial charge on any atom is 0.243 e. The molecule has 5 nitrogen and oxygen atoms in total. The van der Waals surface area contributed by atoms with Crippen LogP contribution in [0.15, 0.2) is 0 Å². The molecular formula is C11H16N2O3. The molecule has 2 aliphatic rings. The van der Waals surface area contributed by atoms with Crippen molar-refractivity contribution in [3.8, 4) is 0 Å². The Morgan fingerprint density at radius 2 is 2.06 bits per heavy atom. The molecule has 2 amide bonds. The van der Waals surface area contributed by atoms with Gasteiger partial charge >= 0.3 is 0 Å². The number of hydrogen-bond donors (Lipinski definition) is 1. The minimum absolute atomic E-state index is 0.0613. The Bertz CT molecular complexity index is 340. The third kappa shape index (κ3) is 2.14. The number of carbonyl (C=O) groups is 3. The molecule has 5 heteroatoms. The quantitative estimate of drug-likeness (QED) is 0.629. The second-order valence-corrected chi connectivity index (χ2v) is 4.55. The molecule has 2 fully saturated rings. The fourth-order valence-electron chi connectivity index (χ4n) is 2.46. The lowest BCUT2D eigenvalue weighted by Crippen LogP contribution is -2.60. The molecule has 2 unspecified atom stereocenters. The Balaban J connectivity index is 2.09. The van der Waals surface area contributed by atoms with Crippen LogP contribution in [-0.2, 0) is 14.4 Å². The number of Topliss-reactive ketones (excluding diaryl/α,β-unsaturated/α-hetero) is 1. The van der Waals surface area contributed by atoms with Crippen LogP contribution in [0.3, 0.4) is 0 Å². The summed E-state index contributed by atoms with van der Waals surface area (Å²) < 4.78 is 0. The monoisotopic (exact) mass is 224 g/mol. The Morgan fingerprint density at radius 3 is 2.75 bits per heavy atom. The van der Waals surface area contributed by atoms with E-state index in [1.807, 2.05) is 4.90 Å². The minimum Gasteiger partial charge on any atom is -0.300 e. The van der Waals surface area contributed by atoms with E-state index in [4.69, 9.17) is 0 Å². The smallest absolute Gasteiger partial charge is 0.243 e. The van der Waals surface area contributed by atoms with Crippen molar-refractivity contribution in [2.75, 3.05) is 6.54 Å². The second-order valence-electron chi connectivity index (χ2n) is 4.55. The van der Waals surface area contributed by atoms with Gasteiger partial charge in [0.2, 0.25) is 11.8 Å². The number of nitrogens with one attached hydrogen (secondary N) is 1. The van der Waals surface area contributed by atoms with E-state index in [1.165, 1.54) is 0 Å². The summed E-state index contributed by atoms with van der Waals surface area (Å²) in [6.45, 7) is 2.01. The lowest BCUT2D eigenvalue weighted by Gasteiger charge is -2.39. The molecule has 0 aromatic rings. The lowest BCUT2D eigenvalue weighted by molar-refractivity contribution is -0.142. The van der Waals surface area contributed by atoms with Gasteiger partial charge in [-0.05, 0) is 19.8 Å². The van der Waals surface area contributed by atoms with Gasteiger partial charge in [0, 0.05) is 18.9 Å². The molecule has 1 heterocycles. The van der Waals surface area contributed by atoms with Gasteiger partial charge in [0.15, 0.2) is 0 Å². The zero-order valence-corrected chi connectivity index (χ0v) is 9.36. The highest BCUT2D eigenvalue weighted by Gasteiger charge is 2.36. The fourth-order valence-corrected chi connectivity index (χ4v) is 2.46. The topological polar surface area (TPSA) is 66.5 Å². The standard InChI is InChI=1S/C11H16N2O3/c1-7-11(16)12-10(15)6-13(7)8-3-2-4-9(14)5-8/h7-8H,2-6H2,1H3,(H,12,15,16). The van der Waals surface area contributed by atoms with Gasteiger partial charge in [-0.25, -0.2) is 0 Å². The summed E-state index contributed by atoms with van der Waals surface area (Å²) in [5.74, 6) is -0.280. The van der Waals surface area contributed by atoms with Gasteiger partial charge in [0.05, 0.1) is 12.6 Å². The highest BCUT2D eigenvalue weighted by atomic mass is 16.2. The molecule has 2 atom stereocenters. The number of rotatable bonds is 1. The van der Waals surface area contributed by atoms with Crippen molar-refractivity contribution in [2.24, 2.45) is 0 Å². The number of ketones is 1. The first-order valence-corrected chi connectivity index (χ1v) is 5.69. The zero-order valence-electron chi connectivity index (χ0n) is 9.36. The van der Waals surface area contributed by atoms with Crippen molar-refractivity contribution in [1.29, 1.82) is 0 Å². The van der Waals surface area contributed by atoms with E-state index >= 15 is 0 Å². The highest BCUT2D eigenvalue weighted by Crippen LogP contribution is 2.23. The molecule has 0 aromatic heterocycles. The molecule has 1 saturated carbocycles. The van der Waals surface area contributed by atoms with Crippen molar-refractivity contribution >= 4 is 17.6 Å². The number of piperazine rings is 1. The average molecular weight is 224 g/mol. The van der Waals surface area contributed by atoms with Crippen molar-refractivity contribution in [3.63, 3.8) is 0 Å². The van der Waals surface area contributed by atoms with Crippen LogP contribution in [0, 0.1) is 0 Å². The number of imide groups is 1. The molecule has 0 aromatic carbocycles. The zero-order chi connectivity index (χ0) is 11.7. The summed E-state index contributed by atoms with van der Waals surface area (Å²) in [6, 6.07) is -0.250. The SMILES string of the molecule is CC1C(=O)NC(=O)CN1C1CCCC(=O)C1. The van der Waals surface area contributed by atoms with Gasteiger partial charge in [-0.1, -0.05) is 0 Å². The van der Waals surface area contributed by atoms with Crippen LogP contribution in [0.2, 0.25) is 0 Å². The van der Waals surface area contributed by atoms with Crippen LogP contribution in [0.4, 0.5) is 0 Å². The summed E-state index contributed by atoms with van der Waals surface area (Å²) >= 11 is 0. The van der Waals surface area contributed by atoms with Gasteiger partial charge in [-0.15, -0.1) is 0 Å². The Kier molecular flexibility index (Phi) is 3.05. The van der Waals surface area contributed by atoms with Crippen molar-refractivity contribution < 1.29 is 14.4 Å². The van der Waals surface area contributed by atoms with E-state index < -0.39 is 0 Å². The molecule has 88 valence electrons. The number of nitrogens with zero attached hydrogens (tertiary/aromatic N) is 1. The van der Waals surface area contributed by atoms with E-state index in [0.717, 1.165) is 12.8 Å². The number of carbonyl (C=O) groups excluding carboxylic acids is 3. The largest absolute Gasteiger partial charge is 0.300 e. The molecule has 2 rings (SSSR count). The summed E-state index contributed by atoms with van der Waals surface area (Å²) in [7, 11) is 0. The Morgan fingerprint density at radius 1 is 1.31 bits per heavy atom. The molecule has 1 aliphatic carbocycles. The van der Waals surface area contributed by atoms with E-state index in [2.05, 4.69) is 5.32 Å². The van der Waals surface area contributed by atoms with Crippen LogP contribution >= 0.6 is 0 Å². The van der Waals surface area contributed by atoms with Crippen LogP contribution in [-0.4, -0.2) is 41.1 Å². The number of hydrogen-bond acceptors (Lipinski definition) is 4. The third-order valence-corrected chi connectivity index (χ3v) is 3.39. The van der Waals surface area contributed by atoms with Gasteiger partial charge in [-0.2, -0.15) is 0 Å². The fraction of sp³-hybridized carbons (Fsp3) is 0.727. The molecule has 1 aliphatic heterocycles. The van der Waals surface area contributed by atoms with Crippen LogP contribution in [0.1, 0.15) is 32.6 Å². The van der Waals surface area contributed by atoms with E-state index in [0.29, 0.717) is 12.8 Å². The predicted octanol–water partition coefficient (Wildman–Crippen LogP) is -0.155. The van der Waals surface area contributed by atoms with Crippen LogP contribution in [0.25, 0.3) is 0 Å². The normalized spacial score (nSPS) is 32.7. The molecular weight excluding hydrogens is 208 g/mol. The minimum atomic E-state index is -0.311. The molecule has 1 N–H and O–H groups in total. The van der Waals surface area contributed by atoms with Gasteiger partial charge in [0.1, 0.15) is 5.78 Å². The Labute approximate surface area is 94.2 Å². The predicted molar refractivity (Wildman–Crippen MR) is 56.6 cm³/mol. The first-order chi connectivity index (χ1) is 7.58. The van der Waals surface area contributed by atoms with Gasteiger partial charge < -0.3 is 0 Å². The van der Waals surface area contributed by atoms with Crippen LogP contribution < -0.4 is 5.32 Å². The Hall–Kier alpha value is -1.23. The molecule has 1 saturated heterocycles. The lowest BCUT2D eigenvalue weighted by atomic mass is 9.91. The van der Waals surface area contributed by atoms with Gasteiger partial charge in [0.25, 0.3) is 0 Å². The summed E-state index contributed by atoms with van der Waals surface area (Å²) in [5.41, 5.74) is 0. The number of amides is 2. The molecule has 0 bridgehead atoms. The maximum atomic E-state index is 11.5. The molecule has 0 radical (unpaired) electrons. The van der Waals surface area contributed by atoms with Crippen molar-refractivity contribution in [3.05, 3.63) is 0 Å². The molecule has 0 spiro atoms. The summed E-state index contributed by atoms with van der Waals surface area (Å²) in [5, 5.41) is 2.30. The first kappa shape index (κ1) is 11.3. The van der Waals surface area contributed by atoms with E-state index in [9.17, 15) is 14.4 Å². The summed E-state index contributed by atoms with van der Waals surface area (Å²) in [4.78, 5) is 36.0. The van der Waals surface area contributed by atoms with Crippen molar-refractivity contribution in [1.82, 2.24) is 10.2 Å². The molecule has 16 heavy (non-hydrogen) atoms. The van der Waals surface area contributed by atoms with E-state index in [1.54, 1.807) is 6.92 Å². The van der Waals surface area contributed by atoms with Crippen LogP contribution in [0.5, 0.6) is 0 Å². The second kappa shape index (κ2) is 4.33. The first-order valence-electron chi connectivity index (χ1n) is 5.69. The maximum absolute atomic E-state index is 11.5. The summed E-state index contributed by atoms with van der Waals surface area (Å²) in [6.07, 6.45) is 2.88. The third-order valence-electron chi connectivity index (χ3n) is 3.39. The van der Waals surface area contributed by atoms with E-state index in [-0.39, 0.29) is 36.2 Å². The highest BCUT2D eigenvalue weighted by molar-refractivity contribution is 6.01. The van der Waals surface area contributed by atoms with Crippen molar-refractivity contribution in [2.45, 2.75) is 44.7 Å².